The SMILES string of the molecule is CCC(=O)N1CCC(N2CCSCC2)CC1. The number of hydrogen-bond donors (Lipinski definition) is 0. The Morgan fingerprint density at radius 1 is 1.19 bits per heavy atom. The van der Waals surface area contributed by atoms with E-state index >= 15 is 0 Å². The molecule has 0 radical (unpaired) electrons. The molecule has 16 heavy (non-hydrogen) atoms. The van der Waals surface area contributed by atoms with Gasteiger partial charge in [-0.05, 0) is 12.8 Å². The molecule has 0 saturated carbocycles. The summed E-state index contributed by atoms with van der Waals surface area (Å²) in [6.07, 6.45) is 3.01. The van der Waals surface area contributed by atoms with Crippen LogP contribution in [0, 0.1) is 0 Å². The monoisotopic (exact) mass is 242 g/mol. The Morgan fingerprint density at radius 2 is 1.81 bits per heavy atom. The molecule has 2 aliphatic heterocycles. The first kappa shape index (κ1) is 12.2. The Hall–Kier alpha value is -0.220. The molecular formula is C12H22N2OS. The third-order valence-corrected chi connectivity index (χ3v) is 4.62. The first-order valence-corrected chi connectivity index (χ1v) is 7.56. The summed E-state index contributed by atoms with van der Waals surface area (Å²) >= 11 is 2.07. The predicted octanol–water partition coefficient (Wildman–Crippen LogP) is 1.44. The van der Waals surface area contributed by atoms with Gasteiger partial charge >= 0.3 is 0 Å². The number of carbonyl (C=O) groups excluding carboxylic acids is 1. The van der Waals surface area contributed by atoms with Crippen molar-refractivity contribution in [3.05, 3.63) is 0 Å². The van der Waals surface area contributed by atoms with Crippen LogP contribution in [0.3, 0.4) is 0 Å². The Labute approximate surface area is 103 Å². The highest BCUT2D eigenvalue weighted by Crippen LogP contribution is 2.20. The van der Waals surface area contributed by atoms with Crippen LogP contribution >= 0.6 is 11.8 Å². The maximum Gasteiger partial charge on any atom is 0.222 e. The summed E-state index contributed by atoms with van der Waals surface area (Å²) in [5.74, 6) is 2.90. The molecule has 0 unspecified atom stereocenters. The fourth-order valence-electron chi connectivity index (χ4n) is 2.65. The zero-order valence-corrected chi connectivity index (χ0v) is 11.0. The van der Waals surface area contributed by atoms with Crippen molar-refractivity contribution < 1.29 is 4.79 Å². The molecule has 2 rings (SSSR count). The molecule has 0 aromatic rings. The fraction of sp³-hybridized carbons (Fsp3) is 0.917. The second-order valence-corrected chi connectivity index (χ2v) is 5.84. The zero-order valence-electron chi connectivity index (χ0n) is 10.2. The lowest BCUT2D eigenvalue weighted by molar-refractivity contribution is -0.132. The second-order valence-electron chi connectivity index (χ2n) is 4.61. The molecule has 0 N–H and O–H groups in total. The fourth-order valence-corrected chi connectivity index (χ4v) is 3.58. The van der Waals surface area contributed by atoms with Gasteiger partial charge in [-0.3, -0.25) is 9.69 Å². The summed E-state index contributed by atoms with van der Waals surface area (Å²) in [7, 11) is 0. The van der Waals surface area contributed by atoms with Crippen LogP contribution in [-0.2, 0) is 4.79 Å². The molecule has 0 spiro atoms. The molecule has 0 aromatic heterocycles. The van der Waals surface area contributed by atoms with E-state index in [0.717, 1.165) is 19.1 Å². The molecule has 0 bridgehead atoms. The van der Waals surface area contributed by atoms with Crippen molar-refractivity contribution in [3.8, 4) is 0 Å². The van der Waals surface area contributed by atoms with E-state index in [-0.39, 0.29) is 0 Å². The molecule has 0 aromatic carbocycles. The summed E-state index contributed by atoms with van der Waals surface area (Å²) in [5.41, 5.74) is 0. The maximum absolute atomic E-state index is 11.6. The number of nitrogens with zero attached hydrogens (tertiary/aromatic N) is 2. The first-order valence-electron chi connectivity index (χ1n) is 6.41. The van der Waals surface area contributed by atoms with Gasteiger partial charge in [0, 0.05) is 50.1 Å². The summed E-state index contributed by atoms with van der Waals surface area (Å²) < 4.78 is 0. The van der Waals surface area contributed by atoms with Crippen LogP contribution < -0.4 is 0 Å². The highest BCUT2D eigenvalue weighted by atomic mass is 32.2. The highest BCUT2D eigenvalue weighted by Gasteiger charge is 2.26. The van der Waals surface area contributed by atoms with Gasteiger partial charge in [0.1, 0.15) is 0 Å². The van der Waals surface area contributed by atoms with Gasteiger partial charge in [0.2, 0.25) is 5.91 Å². The normalized spacial score (nSPS) is 24.7. The average Bonchev–Trinajstić information content (AvgIpc) is 2.39. The van der Waals surface area contributed by atoms with Gasteiger partial charge in [0.25, 0.3) is 0 Å². The average molecular weight is 242 g/mol. The van der Waals surface area contributed by atoms with Crippen molar-refractivity contribution in [3.63, 3.8) is 0 Å². The van der Waals surface area contributed by atoms with Crippen LogP contribution in [-0.4, -0.2) is 59.4 Å². The molecule has 2 aliphatic rings. The third-order valence-electron chi connectivity index (χ3n) is 3.68. The zero-order chi connectivity index (χ0) is 11.4. The van der Waals surface area contributed by atoms with Crippen molar-refractivity contribution in [2.75, 3.05) is 37.7 Å². The number of carbonyl (C=O) groups is 1. The lowest BCUT2D eigenvalue weighted by atomic mass is 10.0. The number of hydrogen-bond acceptors (Lipinski definition) is 3. The molecule has 3 nitrogen and oxygen atoms in total. The second kappa shape index (κ2) is 5.92. The lowest BCUT2D eigenvalue weighted by Gasteiger charge is -2.40. The van der Waals surface area contributed by atoms with Crippen LogP contribution in [0.1, 0.15) is 26.2 Å². The Kier molecular flexibility index (Phi) is 4.53. The summed E-state index contributed by atoms with van der Waals surface area (Å²) in [6, 6.07) is 0.738. The van der Waals surface area contributed by atoms with Gasteiger partial charge in [-0.25, -0.2) is 0 Å². The molecular weight excluding hydrogens is 220 g/mol. The molecule has 0 aliphatic carbocycles. The van der Waals surface area contributed by atoms with Crippen LogP contribution in [0.15, 0.2) is 0 Å². The molecule has 4 heteroatoms. The predicted molar refractivity (Wildman–Crippen MR) is 68.8 cm³/mol. The van der Waals surface area contributed by atoms with Gasteiger partial charge in [-0.1, -0.05) is 6.92 Å². The van der Waals surface area contributed by atoms with Crippen LogP contribution in [0.5, 0.6) is 0 Å². The highest BCUT2D eigenvalue weighted by molar-refractivity contribution is 7.99. The molecule has 2 heterocycles. The number of thioether (sulfide) groups is 1. The Bertz CT molecular complexity index is 233. The van der Waals surface area contributed by atoms with Gasteiger partial charge in [-0.15, -0.1) is 0 Å². The minimum absolute atomic E-state index is 0.327. The van der Waals surface area contributed by atoms with Crippen molar-refractivity contribution in [2.24, 2.45) is 0 Å². The van der Waals surface area contributed by atoms with Gasteiger partial charge in [-0.2, -0.15) is 11.8 Å². The standard InChI is InChI=1S/C12H22N2OS/c1-2-12(15)14-5-3-11(4-6-14)13-7-9-16-10-8-13/h11H,2-10H2,1H3. The van der Waals surface area contributed by atoms with E-state index in [2.05, 4.69) is 16.7 Å². The lowest BCUT2D eigenvalue weighted by Crippen LogP contribution is -2.48. The van der Waals surface area contributed by atoms with Crippen LogP contribution in [0.25, 0.3) is 0 Å². The van der Waals surface area contributed by atoms with E-state index in [1.54, 1.807) is 0 Å². The maximum atomic E-state index is 11.6. The van der Waals surface area contributed by atoms with Crippen molar-refractivity contribution >= 4 is 17.7 Å². The van der Waals surface area contributed by atoms with Crippen LogP contribution in [0.4, 0.5) is 0 Å². The molecule has 1 amide bonds. The van der Waals surface area contributed by atoms with E-state index in [1.165, 1.54) is 37.4 Å². The van der Waals surface area contributed by atoms with E-state index in [0.29, 0.717) is 12.3 Å². The third kappa shape index (κ3) is 2.92. The summed E-state index contributed by atoms with van der Waals surface area (Å²) in [6.45, 7) is 6.40. The van der Waals surface area contributed by atoms with E-state index in [9.17, 15) is 4.79 Å². The van der Waals surface area contributed by atoms with E-state index in [4.69, 9.17) is 0 Å². The molecule has 2 fully saturated rings. The van der Waals surface area contributed by atoms with Crippen molar-refractivity contribution in [1.82, 2.24) is 9.80 Å². The summed E-state index contributed by atoms with van der Waals surface area (Å²) in [5, 5.41) is 0. The topological polar surface area (TPSA) is 23.6 Å². The number of likely N-dealkylation sites (tertiary alicyclic amines) is 1. The quantitative estimate of drug-likeness (QED) is 0.732. The van der Waals surface area contributed by atoms with Gasteiger partial charge in [0.15, 0.2) is 0 Å². The van der Waals surface area contributed by atoms with Gasteiger partial charge in [0.05, 0.1) is 0 Å². The van der Waals surface area contributed by atoms with E-state index < -0.39 is 0 Å². The largest absolute Gasteiger partial charge is 0.343 e. The summed E-state index contributed by atoms with van der Waals surface area (Å²) in [4.78, 5) is 16.2. The smallest absolute Gasteiger partial charge is 0.222 e. The van der Waals surface area contributed by atoms with Gasteiger partial charge < -0.3 is 4.90 Å². The number of amides is 1. The molecule has 92 valence electrons. The van der Waals surface area contributed by atoms with Crippen LogP contribution in [0.2, 0.25) is 0 Å². The Morgan fingerprint density at radius 3 is 2.38 bits per heavy atom. The molecule has 2 saturated heterocycles. The van der Waals surface area contributed by atoms with E-state index in [1.807, 2.05) is 11.8 Å². The first-order chi connectivity index (χ1) is 7.81. The minimum atomic E-state index is 0.327. The molecule has 0 atom stereocenters. The van der Waals surface area contributed by atoms with Crippen molar-refractivity contribution in [2.45, 2.75) is 32.2 Å². The van der Waals surface area contributed by atoms with Crippen molar-refractivity contribution in [1.29, 1.82) is 0 Å². The number of piperidine rings is 1. The minimum Gasteiger partial charge on any atom is -0.343 e. The number of rotatable bonds is 2. The Balaban J connectivity index is 1.78.